The van der Waals surface area contributed by atoms with E-state index in [1.54, 1.807) is 0 Å². The minimum absolute atomic E-state index is 0.233. The molecule has 0 bridgehead atoms. The molecule has 0 radical (unpaired) electrons. The minimum atomic E-state index is -0.319. The molecule has 1 aliphatic carbocycles. The van der Waals surface area contributed by atoms with Gasteiger partial charge in [0.2, 0.25) is 0 Å². The molecule has 3 aliphatic heterocycles. The summed E-state index contributed by atoms with van der Waals surface area (Å²) in [5, 5.41) is 7.48. The summed E-state index contributed by atoms with van der Waals surface area (Å²) in [6.45, 7) is 3.51. The molecule has 0 unspecified atom stereocenters. The third-order valence-corrected chi connectivity index (χ3v) is 7.25. The number of ether oxygens (including phenoxy) is 3. The van der Waals surface area contributed by atoms with E-state index in [4.69, 9.17) is 19.3 Å². The van der Waals surface area contributed by atoms with Crippen LogP contribution in [0.15, 0.2) is 47.6 Å². The molecule has 0 aromatic heterocycles. The zero-order chi connectivity index (χ0) is 20.1. The van der Waals surface area contributed by atoms with Gasteiger partial charge in [0.15, 0.2) is 17.2 Å². The van der Waals surface area contributed by atoms with Crippen LogP contribution in [0.25, 0.3) is 0 Å². The van der Waals surface area contributed by atoms with E-state index in [2.05, 4.69) is 48.3 Å². The van der Waals surface area contributed by atoms with Crippen LogP contribution in [0.5, 0.6) is 17.2 Å². The monoisotopic (exact) mass is 404 g/mol. The Hall–Kier alpha value is -2.69. The average molecular weight is 405 g/mol. The van der Waals surface area contributed by atoms with Gasteiger partial charge < -0.3 is 14.2 Å². The Morgan fingerprint density at radius 1 is 1.00 bits per heavy atom. The van der Waals surface area contributed by atoms with Gasteiger partial charge in [-0.1, -0.05) is 31.5 Å². The van der Waals surface area contributed by atoms with Gasteiger partial charge in [0.25, 0.3) is 0 Å². The van der Waals surface area contributed by atoms with Crippen molar-refractivity contribution in [3.8, 4) is 17.2 Å². The Morgan fingerprint density at radius 3 is 2.63 bits per heavy atom. The highest BCUT2D eigenvalue weighted by atomic mass is 16.6. The quantitative estimate of drug-likeness (QED) is 0.681. The lowest BCUT2D eigenvalue weighted by molar-refractivity contribution is -0.146. The van der Waals surface area contributed by atoms with Crippen molar-refractivity contribution in [2.24, 2.45) is 11.0 Å². The first-order valence-electron chi connectivity index (χ1n) is 11.3. The highest BCUT2D eigenvalue weighted by molar-refractivity contribution is 6.02. The van der Waals surface area contributed by atoms with Gasteiger partial charge in [0.1, 0.15) is 19.0 Å². The first-order valence-corrected chi connectivity index (χ1v) is 11.3. The van der Waals surface area contributed by atoms with Gasteiger partial charge in [-0.25, -0.2) is 5.01 Å². The Morgan fingerprint density at radius 2 is 1.80 bits per heavy atom. The lowest BCUT2D eigenvalue weighted by Crippen LogP contribution is -2.55. The summed E-state index contributed by atoms with van der Waals surface area (Å²) in [4.78, 5) is 0. The van der Waals surface area contributed by atoms with E-state index in [0.29, 0.717) is 13.2 Å². The Labute approximate surface area is 177 Å². The van der Waals surface area contributed by atoms with Crippen LogP contribution in [0.3, 0.4) is 0 Å². The summed E-state index contributed by atoms with van der Waals surface area (Å²) in [6, 6.07) is 14.9. The topological polar surface area (TPSA) is 43.3 Å². The average Bonchev–Trinajstić information content (AvgIpc) is 3.26. The van der Waals surface area contributed by atoms with Gasteiger partial charge >= 0.3 is 0 Å². The van der Waals surface area contributed by atoms with Gasteiger partial charge in [-0.05, 0) is 43.0 Å². The van der Waals surface area contributed by atoms with Crippen molar-refractivity contribution in [1.29, 1.82) is 0 Å². The molecule has 1 fully saturated rings. The van der Waals surface area contributed by atoms with Gasteiger partial charge in [0, 0.05) is 30.4 Å². The van der Waals surface area contributed by atoms with Crippen molar-refractivity contribution in [3.63, 3.8) is 0 Å². The number of benzene rings is 2. The zero-order valence-corrected chi connectivity index (χ0v) is 17.5. The van der Waals surface area contributed by atoms with Gasteiger partial charge in [-0.2, -0.15) is 5.10 Å². The second-order valence-electron chi connectivity index (χ2n) is 8.91. The molecule has 0 N–H and O–H groups in total. The molecule has 5 nitrogen and oxygen atoms in total. The number of fused-ring (bicyclic) bond motifs is 5. The molecule has 6 rings (SSSR count). The Kier molecular flexibility index (Phi) is 4.18. The summed E-state index contributed by atoms with van der Waals surface area (Å²) in [6.07, 6.45) is 6.62. The molecule has 2 aromatic carbocycles. The highest BCUT2D eigenvalue weighted by Gasteiger charge is 2.51. The van der Waals surface area contributed by atoms with Crippen LogP contribution in [-0.2, 0) is 0 Å². The molecular weight excluding hydrogens is 376 g/mol. The Bertz CT molecular complexity index is 994. The number of para-hydroxylation sites is 1. The maximum absolute atomic E-state index is 6.72. The van der Waals surface area contributed by atoms with Crippen molar-refractivity contribution in [2.75, 3.05) is 13.2 Å². The van der Waals surface area contributed by atoms with E-state index in [9.17, 15) is 0 Å². The van der Waals surface area contributed by atoms with Gasteiger partial charge in [-0.15, -0.1) is 0 Å². The van der Waals surface area contributed by atoms with Crippen LogP contribution < -0.4 is 14.2 Å². The molecule has 30 heavy (non-hydrogen) atoms. The fraction of sp³-hybridized carbons (Fsp3) is 0.480. The predicted molar refractivity (Wildman–Crippen MR) is 115 cm³/mol. The largest absolute Gasteiger partial charge is 0.486 e. The summed E-state index contributed by atoms with van der Waals surface area (Å²) in [5.41, 5.74) is 3.15. The van der Waals surface area contributed by atoms with E-state index >= 15 is 0 Å². The van der Waals surface area contributed by atoms with Gasteiger partial charge in [0.05, 0.1) is 11.8 Å². The molecule has 156 valence electrons. The molecular formula is C25H28N2O3. The maximum atomic E-state index is 6.72. The van der Waals surface area contributed by atoms with Crippen LogP contribution in [-0.4, -0.2) is 29.7 Å². The van der Waals surface area contributed by atoms with E-state index < -0.39 is 0 Å². The summed E-state index contributed by atoms with van der Waals surface area (Å²) in [5.74, 6) is 3.48. The van der Waals surface area contributed by atoms with Crippen molar-refractivity contribution < 1.29 is 14.2 Å². The number of hydrogen-bond acceptors (Lipinski definition) is 5. The summed E-state index contributed by atoms with van der Waals surface area (Å²) < 4.78 is 18.2. The lowest BCUT2D eigenvalue weighted by atomic mass is 9.80. The van der Waals surface area contributed by atoms with Crippen molar-refractivity contribution in [2.45, 2.75) is 57.2 Å². The second kappa shape index (κ2) is 6.93. The first-order chi connectivity index (χ1) is 14.8. The first kappa shape index (κ1) is 18.1. The molecule has 1 atom stereocenters. The zero-order valence-electron chi connectivity index (χ0n) is 17.5. The SMILES string of the molecule is CCC1CCC2(CC1)Oc1ccccc1[C@@H]1CC(c3ccc4c(c3)OCCO4)=NN12. The fourth-order valence-corrected chi connectivity index (χ4v) is 5.49. The molecule has 0 saturated heterocycles. The molecule has 2 aromatic rings. The third kappa shape index (κ3) is 2.78. The summed E-state index contributed by atoms with van der Waals surface area (Å²) >= 11 is 0. The molecule has 4 aliphatic rings. The molecule has 1 saturated carbocycles. The molecule has 3 heterocycles. The van der Waals surface area contributed by atoms with Gasteiger partial charge in [-0.3, -0.25) is 0 Å². The van der Waals surface area contributed by atoms with E-state index in [0.717, 1.165) is 53.7 Å². The predicted octanol–water partition coefficient (Wildman–Crippen LogP) is 5.30. The minimum Gasteiger partial charge on any atom is -0.486 e. The standard InChI is InChI=1S/C25H28N2O3/c1-2-17-9-11-25(12-10-17)27-21(19-5-3-4-6-22(19)30-25)16-20(26-27)18-7-8-23-24(15-18)29-14-13-28-23/h3-8,15,17,21H,2,9-14,16H2,1H3/t17?,21-,25?/m0/s1. The van der Waals surface area contributed by atoms with Crippen LogP contribution in [0.1, 0.15) is 62.6 Å². The number of nitrogens with zero attached hydrogens (tertiary/aromatic N) is 2. The molecule has 1 spiro atoms. The van der Waals surface area contributed by atoms with Crippen LogP contribution >= 0.6 is 0 Å². The van der Waals surface area contributed by atoms with E-state index in [1.807, 2.05) is 6.07 Å². The van der Waals surface area contributed by atoms with Crippen molar-refractivity contribution in [1.82, 2.24) is 5.01 Å². The molecule has 5 heteroatoms. The van der Waals surface area contributed by atoms with Crippen molar-refractivity contribution in [3.05, 3.63) is 53.6 Å². The second-order valence-corrected chi connectivity index (χ2v) is 8.91. The smallest absolute Gasteiger partial charge is 0.198 e. The van der Waals surface area contributed by atoms with E-state index in [-0.39, 0.29) is 11.8 Å². The Balaban J connectivity index is 1.38. The molecule has 0 amide bonds. The summed E-state index contributed by atoms with van der Waals surface area (Å²) in [7, 11) is 0. The third-order valence-electron chi connectivity index (χ3n) is 7.25. The van der Waals surface area contributed by atoms with Crippen LogP contribution in [0, 0.1) is 5.92 Å². The van der Waals surface area contributed by atoms with Crippen LogP contribution in [0.4, 0.5) is 0 Å². The van der Waals surface area contributed by atoms with Crippen LogP contribution in [0.2, 0.25) is 0 Å². The number of rotatable bonds is 2. The highest BCUT2D eigenvalue weighted by Crippen LogP contribution is 2.52. The number of hydrogen-bond donors (Lipinski definition) is 0. The normalized spacial score (nSPS) is 29.1. The number of hydrazone groups is 1. The van der Waals surface area contributed by atoms with Crippen molar-refractivity contribution >= 4 is 5.71 Å². The fourth-order valence-electron chi connectivity index (χ4n) is 5.49. The maximum Gasteiger partial charge on any atom is 0.198 e. The van der Waals surface area contributed by atoms with E-state index in [1.165, 1.54) is 24.8 Å². The lowest BCUT2D eigenvalue weighted by Gasteiger charge is -2.50.